The topological polar surface area (TPSA) is 63.2 Å². The second kappa shape index (κ2) is 5.57. The smallest absolute Gasteiger partial charge is 0.255 e. The molecule has 5 heteroatoms. The highest BCUT2D eigenvalue weighted by atomic mass is 16.5. The van der Waals surface area contributed by atoms with Crippen LogP contribution in [-0.2, 0) is 4.74 Å². The SMILES string of the molecule is CNc1cc(C)ncc1C(=O)NCC1(OC)CCC1. The quantitative estimate of drug-likeness (QED) is 0.849. The largest absolute Gasteiger partial charge is 0.387 e. The van der Waals surface area contributed by atoms with Crippen molar-refractivity contribution in [1.82, 2.24) is 10.3 Å². The van der Waals surface area contributed by atoms with Gasteiger partial charge in [-0.1, -0.05) is 0 Å². The number of hydrogen-bond donors (Lipinski definition) is 2. The van der Waals surface area contributed by atoms with Crippen molar-refractivity contribution in [1.29, 1.82) is 0 Å². The number of amides is 1. The molecule has 1 aliphatic carbocycles. The molecule has 1 heterocycles. The third kappa shape index (κ3) is 2.87. The van der Waals surface area contributed by atoms with Gasteiger partial charge in [-0.2, -0.15) is 0 Å². The van der Waals surface area contributed by atoms with Gasteiger partial charge in [-0.25, -0.2) is 0 Å². The molecule has 1 saturated carbocycles. The number of carbonyl (C=O) groups excluding carboxylic acids is 1. The minimum absolute atomic E-state index is 0.111. The summed E-state index contributed by atoms with van der Waals surface area (Å²) in [6, 6.07) is 1.87. The first-order valence-corrected chi connectivity index (χ1v) is 6.58. The Morgan fingerprint density at radius 2 is 2.26 bits per heavy atom. The number of methoxy groups -OCH3 is 1. The number of nitrogens with one attached hydrogen (secondary N) is 2. The second-order valence-corrected chi connectivity index (χ2v) is 5.04. The number of anilines is 1. The number of aryl methyl sites for hydroxylation is 1. The lowest BCUT2D eigenvalue weighted by Crippen LogP contribution is -2.49. The number of ether oxygens (including phenoxy) is 1. The number of carbonyl (C=O) groups is 1. The third-order valence-electron chi connectivity index (χ3n) is 3.82. The van der Waals surface area contributed by atoms with Gasteiger partial charge in [0.25, 0.3) is 5.91 Å². The Morgan fingerprint density at radius 3 is 2.79 bits per heavy atom. The Bertz CT molecular complexity index is 464. The molecule has 19 heavy (non-hydrogen) atoms. The molecule has 0 bridgehead atoms. The van der Waals surface area contributed by atoms with Gasteiger partial charge in [0.1, 0.15) is 0 Å². The van der Waals surface area contributed by atoms with Crippen LogP contribution < -0.4 is 10.6 Å². The van der Waals surface area contributed by atoms with E-state index in [0.29, 0.717) is 12.1 Å². The van der Waals surface area contributed by atoms with E-state index in [1.54, 1.807) is 20.4 Å². The van der Waals surface area contributed by atoms with Crippen LogP contribution in [0.1, 0.15) is 35.3 Å². The summed E-state index contributed by atoms with van der Waals surface area (Å²) in [4.78, 5) is 16.4. The third-order valence-corrected chi connectivity index (χ3v) is 3.82. The van der Waals surface area contributed by atoms with E-state index >= 15 is 0 Å². The summed E-state index contributed by atoms with van der Waals surface area (Å²) < 4.78 is 5.49. The first-order chi connectivity index (χ1) is 9.10. The van der Waals surface area contributed by atoms with E-state index in [9.17, 15) is 4.79 Å². The maximum Gasteiger partial charge on any atom is 0.255 e. The lowest BCUT2D eigenvalue weighted by molar-refractivity contribution is -0.0679. The Morgan fingerprint density at radius 1 is 1.53 bits per heavy atom. The number of rotatable bonds is 5. The summed E-state index contributed by atoms with van der Waals surface area (Å²) in [5.74, 6) is -0.111. The zero-order valence-electron chi connectivity index (χ0n) is 11.7. The summed E-state index contributed by atoms with van der Waals surface area (Å²) in [6.07, 6.45) is 4.79. The summed E-state index contributed by atoms with van der Waals surface area (Å²) >= 11 is 0. The first kappa shape index (κ1) is 13.8. The van der Waals surface area contributed by atoms with Crippen LogP contribution in [0.25, 0.3) is 0 Å². The van der Waals surface area contributed by atoms with E-state index in [1.165, 1.54) is 0 Å². The molecule has 0 aliphatic heterocycles. The summed E-state index contributed by atoms with van der Waals surface area (Å²) in [7, 11) is 3.51. The second-order valence-electron chi connectivity index (χ2n) is 5.04. The van der Waals surface area contributed by atoms with Gasteiger partial charge in [0.2, 0.25) is 0 Å². The Hall–Kier alpha value is -1.62. The van der Waals surface area contributed by atoms with Gasteiger partial charge < -0.3 is 15.4 Å². The predicted molar refractivity (Wildman–Crippen MR) is 74.4 cm³/mol. The molecule has 0 spiro atoms. The maximum atomic E-state index is 12.2. The summed E-state index contributed by atoms with van der Waals surface area (Å²) in [5, 5.41) is 5.97. The molecule has 0 aromatic carbocycles. The van der Waals surface area contributed by atoms with E-state index in [-0.39, 0.29) is 11.5 Å². The minimum atomic E-state index is -0.159. The first-order valence-electron chi connectivity index (χ1n) is 6.58. The average molecular weight is 263 g/mol. The minimum Gasteiger partial charge on any atom is -0.387 e. The zero-order chi connectivity index (χ0) is 13.9. The Balaban J connectivity index is 2.03. The van der Waals surface area contributed by atoms with Crippen LogP contribution in [0.5, 0.6) is 0 Å². The molecular formula is C14H21N3O2. The van der Waals surface area contributed by atoms with Crippen LogP contribution in [0.2, 0.25) is 0 Å². The number of pyridine rings is 1. The van der Waals surface area contributed by atoms with E-state index in [0.717, 1.165) is 30.6 Å². The highest BCUT2D eigenvalue weighted by molar-refractivity contribution is 5.99. The van der Waals surface area contributed by atoms with E-state index < -0.39 is 0 Å². The molecule has 1 aromatic rings. The molecule has 0 atom stereocenters. The van der Waals surface area contributed by atoms with Gasteiger partial charge in [-0.05, 0) is 32.3 Å². The van der Waals surface area contributed by atoms with Crippen LogP contribution in [0.15, 0.2) is 12.3 Å². The molecule has 1 fully saturated rings. The predicted octanol–water partition coefficient (Wildman–Crippen LogP) is 1.73. The van der Waals surface area contributed by atoms with Gasteiger partial charge in [-0.3, -0.25) is 9.78 Å². The van der Waals surface area contributed by atoms with Crippen LogP contribution in [0.3, 0.4) is 0 Å². The number of aromatic nitrogens is 1. The fourth-order valence-corrected chi connectivity index (χ4v) is 2.31. The molecule has 1 aliphatic rings. The molecule has 0 radical (unpaired) electrons. The fraction of sp³-hybridized carbons (Fsp3) is 0.571. The molecule has 2 N–H and O–H groups in total. The van der Waals surface area contributed by atoms with Crippen molar-refractivity contribution < 1.29 is 9.53 Å². The molecular weight excluding hydrogens is 242 g/mol. The van der Waals surface area contributed by atoms with E-state index in [4.69, 9.17) is 4.74 Å². The van der Waals surface area contributed by atoms with Crippen LogP contribution in [0.4, 0.5) is 5.69 Å². The Kier molecular flexibility index (Phi) is 4.04. The number of nitrogens with zero attached hydrogens (tertiary/aromatic N) is 1. The van der Waals surface area contributed by atoms with Gasteiger partial charge in [0, 0.05) is 32.6 Å². The summed E-state index contributed by atoms with van der Waals surface area (Å²) in [5.41, 5.74) is 2.09. The van der Waals surface area contributed by atoms with Gasteiger partial charge in [0.15, 0.2) is 0 Å². The van der Waals surface area contributed by atoms with Crippen molar-refractivity contribution in [3.8, 4) is 0 Å². The van der Waals surface area contributed by atoms with E-state index in [2.05, 4.69) is 15.6 Å². The zero-order valence-corrected chi connectivity index (χ0v) is 11.7. The molecule has 0 saturated heterocycles. The maximum absolute atomic E-state index is 12.2. The van der Waals surface area contributed by atoms with E-state index in [1.807, 2.05) is 13.0 Å². The molecule has 1 aromatic heterocycles. The molecule has 1 amide bonds. The summed E-state index contributed by atoms with van der Waals surface area (Å²) in [6.45, 7) is 2.45. The van der Waals surface area contributed by atoms with Crippen LogP contribution in [0, 0.1) is 6.92 Å². The highest BCUT2D eigenvalue weighted by Crippen LogP contribution is 2.34. The van der Waals surface area contributed by atoms with Crippen molar-refractivity contribution in [3.63, 3.8) is 0 Å². The average Bonchev–Trinajstić information content (AvgIpc) is 2.37. The molecule has 0 unspecified atom stereocenters. The van der Waals surface area contributed by atoms with Crippen molar-refractivity contribution in [3.05, 3.63) is 23.5 Å². The van der Waals surface area contributed by atoms with Crippen LogP contribution >= 0.6 is 0 Å². The standard InChI is InChI=1S/C14H21N3O2/c1-10-7-12(15-2)11(8-16-10)13(18)17-9-14(19-3)5-4-6-14/h7-8H,4-6,9H2,1-3H3,(H,15,16)(H,17,18). The molecule has 5 nitrogen and oxygen atoms in total. The monoisotopic (exact) mass is 263 g/mol. The number of hydrogen-bond acceptors (Lipinski definition) is 4. The van der Waals surface area contributed by atoms with Gasteiger partial charge >= 0.3 is 0 Å². The lowest BCUT2D eigenvalue weighted by atomic mass is 9.80. The lowest BCUT2D eigenvalue weighted by Gasteiger charge is -2.40. The normalized spacial score (nSPS) is 16.6. The van der Waals surface area contributed by atoms with Gasteiger partial charge in [-0.15, -0.1) is 0 Å². The van der Waals surface area contributed by atoms with Crippen LogP contribution in [-0.4, -0.2) is 37.2 Å². The highest BCUT2D eigenvalue weighted by Gasteiger charge is 2.37. The van der Waals surface area contributed by atoms with Crippen molar-refractivity contribution in [2.24, 2.45) is 0 Å². The fourth-order valence-electron chi connectivity index (χ4n) is 2.31. The van der Waals surface area contributed by atoms with Crippen molar-refractivity contribution in [2.45, 2.75) is 31.8 Å². The van der Waals surface area contributed by atoms with Gasteiger partial charge in [0.05, 0.1) is 16.9 Å². The van der Waals surface area contributed by atoms with Crippen molar-refractivity contribution in [2.75, 3.05) is 26.0 Å². The molecule has 2 rings (SSSR count). The Labute approximate surface area is 113 Å². The molecule has 104 valence electrons. The van der Waals surface area contributed by atoms with Crippen molar-refractivity contribution >= 4 is 11.6 Å².